The van der Waals surface area contributed by atoms with Gasteiger partial charge in [0.25, 0.3) is 0 Å². The number of hydrogen-bond acceptors (Lipinski definition) is 5. The molecule has 0 saturated heterocycles. The third kappa shape index (κ3) is 4.78. The number of nitrogens with zero attached hydrogens (tertiary/aromatic N) is 2. The molecule has 1 heterocycles. The molecule has 1 aliphatic rings. The van der Waals surface area contributed by atoms with Crippen LogP contribution in [0.15, 0.2) is 60.9 Å². The molecule has 0 saturated carbocycles. The summed E-state index contributed by atoms with van der Waals surface area (Å²) in [5, 5.41) is 18.3. The predicted octanol–water partition coefficient (Wildman–Crippen LogP) is 2.84. The van der Waals surface area contributed by atoms with Gasteiger partial charge in [-0.05, 0) is 22.3 Å². The minimum Gasteiger partial charge on any atom is -0.481 e. The number of nitrogens with one attached hydrogen (secondary N) is 2. The molecule has 0 radical (unpaired) electrons. The standard InChI is InChI=1S/C25H26N4O5/c1-15(24(31)32)11-26-23(30)22(16-12-27-29(2)13-16)28-25(33)34-14-21-19-9-5-3-7-17(19)18-8-4-6-10-20(18)21/h3-10,12-13,15,21-22H,11,14H2,1-2H3,(H,26,30)(H,28,33)(H,31,32). The molecule has 2 aromatic carbocycles. The number of fused-ring (bicyclic) bond motifs is 3. The van der Waals surface area contributed by atoms with Gasteiger partial charge in [-0.3, -0.25) is 14.3 Å². The number of carbonyl (C=O) groups is 3. The molecular weight excluding hydrogens is 436 g/mol. The molecule has 176 valence electrons. The number of hydrogen-bond donors (Lipinski definition) is 3. The molecule has 0 aliphatic heterocycles. The third-order valence-corrected chi connectivity index (χ3v) is 5.93. The fourth-order valence-corrected chi connectivity index (χ4v) is 4.09. The van der Waals surface area contributed by atoms with E-state index in [4.69, 9.17) is 9.84 Å². The van der Waals surface area contributed by atoms with E-state index < -0.39 is 29.9 Å². The highest BCUT2D eigenvalue weighted by molar-refractivity contribution is 5.87. The number of alkyl carbamates (subject to hydrolysis) is 1. The predicted molar refractivity (Wildman–Crippen MR) is 124 cm³/mol. The molecule has 34 heavy (non-hydrogen) atoms. The molecule has 0 fully saturated rings. The van der Waals surface area contributed by atoms with Crippen LogP contribution in [0, 0.1) is 5.92 Å². The Labute approximate surface area is 196 Å². The fourth-order valence-electron chi connectivity index (χ4n) is 4.09. The number of benzene rings is 2. The zero-order valence-electron chi connectivity index (χ0n) is 18.9. The maximum atomic E-state index is 12.8. The van der Waals surface area contributed by atoms with E-state index in [9.17, 15) is 14.4 Å². The van der Waals surface area contributed by atoms with E-state index in [1.807, 2.05) is 36.4 Å². The van der Waals surface area contributed by atoms with Gasteiger partial charge in [0.1, 0.15) is 12.6 Å². The summed E-state index contributed by atoms with van der Waals surface area (Å²) in [6.45, 7) is 1.52. The van der Waals surface area contributed by atoms with Crippen molar-refractivity contribution < 1.29 is 24.2 Å². The van der Waals surface area contributed by atoms with E-state index in [1.165, 1.54) is 17.8 Å². The van der Waals surface area contributed by atoms with E-state index in [0.717, 1.165) is 22.3 Å². The van der Waals surface area contributed by atoms with Crippen LogP contribution < -0.4 is 10.6 Å². The van der Waals surface area contributed by atoms with Gasteiger partial charge in [-0.25, -0.2) is 4.79 Å². The second-order valence-electron chi connectivity index (χ2n) is 8.33. The van der Waals surface area contributed by atoms with Crippen molar-refractivity contribution in [1.82, 2.24) is 20.4 Å². The molecule has 3 N–H and O–H groups in total. The van der Waals surface area contributed by atoms with E-state index >= 15 is 0 Å². The molecule has 4 rings (SSSR count). The number of carbonyl (C=O) groups excluding carboxylic acids is 2. The van der Waals surface area contributed by atoms with Crippen LogP contribution in [0.5, 0.6) is 0 Å². The van der Waals surface area contributed by atoms with Gasteiger partial charge < -0.3 is 20.5 Å². The summed E-state index contributed by atoms with van der Waals surface area (Å²) >= 11 is 0. The molecule has 0 spiro atoms. The first-order chi connectivity index (χ1) is 16.3. The van der Waals surface area contributed by atoms with Gasteiger partial charge in [0, 0.05) is 31.3 Å². The summed E-state index contributed by atoms with van der Waals surface area (Å²) in [4.78, 5) is 36.6. The number of carboxylic acid groups (broad SMARTS) is 1. The highest BCUT2D eigenvalue weighted by Gasteiger charge is 2.30. The van der Waals surface area contributed by atoms with Gasteiger partial charge in [-0.15, -0.1) is 0 Å². The topological polar surface area (TPSA) is 123 Å². The zero-order valence-corrected chi connectivity index (χ0v) is 18.9. The maximum Gasteiger partial charge on any atom is 0.408 e. The fraction of sp³-hybridized carbons (Fsp3) is 0.280. The van der Waals surface area contributed by atoms with Crippen LogP contribution in [0.2, 0.25) is 0 Å². The summed E-state index contributed by atoms with van der Waals surface area (Å²) in [7, 11) is 1.69. The van der Waals surface area contributed by atoms with E-state index in [1.54, 1.807) is 13.2 Å². The van der Waals surface area contributed by atoms with E-state index in [2.05, 4.69) is 27.9 Å². The van der Waals surface area contributed by atoms with Crippen LogP contribution in [0.1, 0.15) is 35.6 Å². The van der Waals surface area contributed by atoms with Gasteiger partial charge in [-0.2, -0.15) is 5.10 Å². The van der Waals surface area contributed by atoms with Crippen molar-refractivity contribution in [1.29, 1.82) is 0 Å². The number of aliphatic carboxylic acids is 1. The summed E-state index contributed by atoms with van der Waals surface area (Å²) < 4.78 is 7.07. The Kier molecular flexibility index (Phi) is 6.62. The average molecular weight is 463 g/mol. The van der Waals surface area contributed by atoms with Gasteiger partial charge in [0.15, 0.2) is 0 Å². The largest absolute Gasteiger partial charge is 0.481 e. The lowest BCUT2D eigenvalue weighted by atomic mass is 9.98. The molecular formula is C25H26N4O5. The maximum absolute atomic E-state index is 12.8. The number of aryl methyl sites for hydroxylation is 1. The minimum absolute atomic E-state index is 0.0721. The van der Waals surface area contributed by atoms with Crippen molar-refractivity contribution in [2.24, 2.45) is 13.0 Å². The molecule has 3 aromatic rings. The summed E-state index contributed by atoms with van der Waals surface area (Å²) in [5.74, 6) is -2.45. The molecule has 9 nitrogen and oxygen atoms in total. The first kappa shape index (κ1) is 23.0. The Bertz CT molecular complexity index is 1180. The van der Waals surface area contributed by atoms with E-state index in [0.29, 0.717) is 5.56 Å². The first-order valence-electron chi connectivity index (χ1n) is 11.0. The lowest BCUT2D eigenvalue weighted by molar-refractivity contribution is -0.141. The summed E-state index contributed by atoms with van der Waals surface area (Å²) in [6.07, 6.45) is 2.32. The summed E-state index contributed by atoms with van der Waals surface area (Å²) in [5.41, 5.74) is 4.86. The average Bonchev–Trinajstić information content (AvgIpc) is 3.40. The highest BCUT2D eigenvalue weighted by Crippen LogP contribution is 2.44. The van der Waals surface area contributed by atoms with Crippen LogP contribution in [0.3, 0.4) is 0 Å². The van der Waals surface area contributed by atoms with Crippen LogP contribution in [-0.2, 0) is 21.4 Å². The number of rotatable bonds is 8. The number of aromatic nitrogens is 2. The van der Waals surface area contributed by atoms with Crippen LogP contribution >= 0.6 is 0 Å². The van der Waals surface area contributed by atoms with Crippen molar-refractivity contribution in [3.63, 3.8) is 0 Å². The van der Waals surface area contributed by atoms with Gasteiger partial charge in [0.05, 0.1) is 12.1 Å². The second-order valence-corrected chi connectivity index (χ2v) is 8.33. The zero-order chi connectivity index (χ0) is 24.2. The van der Waals surface area contributed by atoms with Crippen molar-refractivity contribution in [2.75, 3.05) is 13.2 Å². The Balaban J connectivity index is 1.45. The molecule has 2 amide bonds. The molecule has 1 aromatic heterocycles. The van der Waals surface area contributed by atoms with Crippen molar-refractivity contribution >= 4 is 18.0 Å². The normalized spacial score (nSPS) is 13.9. The van der Waals surface area contributed by atoms with Crippen molar-refractivity contribution in [3.8, 4) is 11.1 Å². The van der Waals surface area contributed by atoms with Crippen LogP contribution in [0.25, 0.3) is 11.1 Å². The third-order valence-electron chi connectivity index (χ3n) is 5.93. The molecule has 1 aliphatic carbocycles. The molecule has 0 bridgehead atoms. The minimum atomic E-state index is -1.08. The SMILES string of the molecule is CC(CNC(=O)C(NC(=O)OCC1c2ccccc2-c2ccccc21)c1cnn(C)c1)C(=O)O. The van der Waals surface area contributed by atoms with Crippen LogP contribution in [-0.4, -0.2) is 46.0 Å². The molecule has 2 unspecified atom stereocenters. The first-order valence-corrected chi connectivity index (χ1v) is 11.0. The quantitative estimate of drug-likeness (QED) is 0.473. The number of amides is 2. The Morgan fingerprint density at radius 3 is 2.26 bits per heavy atom. The Morgan fingerprint density at radius 1 is 1.09 bits per heavy atom. The number of carboxylic acids is 1. The molecule has 9 heteroatoms. The Morgan fingerprint density at radius 2 is 1.71 bits per heavy atom. The second kappa shape index (κ2) is 9.78. The monoisotopic (exact) mass is 462 g/mol. The van der Waals surface area contributed by atoms with Crippen molar-refractivity contribution in [2.45, 2.75) is 18.9 Å². The highest BCUT2D eigenvalue weighted by atomic mass is 16.5. The summed E-state index contributed by atoms with van der Waals surface area (Å²) in [6, 6.07) is 14.9. The van der Waals surface area contributed by atoms with Gasteiger partial charge >= 0.3 is 12.1 Å². The van der Waals surface area contributed by atoms with E-state index in [-0.39, 0.29) is 19.1 Å². The van der Waals surface area contributed by atoms with Crippen LogP contribution in [0.4, 0.5) is 4.79 Å². The lowest BCUT2D eigenvalue weighted by Gasteiger charge is -2.19. The molecule has 2 atom stereocenters. The van der Waals surface area contributed by atoms with Gasteiger partial charge in [0.2, 0.25) is 5.91 Å². The number of ether oxygens (including phenoxy) is 1. The lowest BCUT2D eigenvalue weighted by Crippen LogP contribution is -2.42. The van der Waals surface area contributed by atoms with Gasteiger partial charge in [-0.1, -0.05) is 55.5 Å². The van der Waals surface area contributed by atoms with Crippen molar-refractivity contribution in [3.05, 3.63) is 77.6 Å². The Hall–Kier alpha value is -4.14. The smallest absolute Gasteiger partial charge is 0.408 e.